The van der Waals surface area contributed by atoms with Crippen molar-refractivity contribution in [1.82, 2.24) is 0 Å². The summed E-state index contributed by atoms with van der Waals surface area (Å²) in [7, 11) is 1.44. The van der Waals surface area contributed by atoms with Crippen LogP contribution < -0.4 is 0 Å². The Bertz CT molecular complexity index is 8.00. The van der Waals surface area contributed by atoms with E-state index in [1.165, 1.54) is 24.4 Å². The molecule has 0 amide bonds. The van der Waals surface area contributed by atoms with Crippen LogP contribution in [0.3, 0.4) is 0 Å². The van der Waals surface area contributed by atoms with E-state index in [1.54, 1.807) is 0 Å². The fourth-order valence-electron chi connectivity index (χ4n) is 0. The minimum atomic E-state index is 0. The van der Waals surface area contributed by atoms with Crippen molar-refractivity contribution < 1.29 is 22.5 Å². The average molecular weight is 134 g/mol. The maximum atomic E-state index is 1.44. The largest absolute Gasteiger partial charge is 0.412 e. The van der Waals surface area contributed by atoms with E-state index in [4.69, 9.17) is 0 Å². The molecular weight excluding hydrogens is 127 g/mol. The fraction of sp³-hybridized carbons (Fsp3) is 0. The molecule has 0 aliphatic heterocycles. The molecule has 28 valence electrons. The Labute approximate surface area is 47.2 Å². The van der Waals surface area contributed by atoms with Crippen LogP contribution >= 0.6 is 0 Å². The molecule has 4 heavy (non-hydrogen) atoms. The van der Waals surface area contributed by atoms with Crippen LogP contribution in [0.5, 0.6) is 0 Å². The van der Waals surface area contributed by atoms with Crippen molar-refractivity contribution in [2.75, 3.05) is 0 Å². The smallest absolute Gasteiger partial charge is 0.193 e. The molecule has 0 aromatic heterocycles. The van der Waals surface area contributed by atoms with Crippen LogP contribution in [0, 0.1) is 0 Å². The van der Waals surface area contributed by atoms with Gasteiger partial charge in [-0.3, -0.25) is 0 Å². The second kappa shape index (κ2) is 29.2. The SMILES string of the molecule is O.[AlH2][SiH3].[Fe]. The average Bonchev–Trinajstić information content (AvgIpc) is 1.00. The van der Waals surface area contributed by atoms with E-state index in [0.29, 0.717) is 0 Å². The first-order valence-corrected chi connectivity index (χ1v) is 9.00. The molecule has 0 spiro atoms. The van der Waals surface area contributed by atoms with E-state index in [-0.39, 0.29) is 22.5 Å². The summed E-state index contributed by atoms with van der Waals surface area (Å²) in [4.78, 5) is 0. The molecule has 4 heteroatoms. The standard InChI is InChI=1S/Al.Fe.H2O.H3Si.2H/h;;1H2;1H3;;. The van der Waals surface area contributed by atoms with E-state index in [0.717, 1.165) is 0 Å². The van der Waals surface area contributed by atoms with Crippen LogP contribution in [0.15, 0.2) is 0 Å². The van der Waals surface area contributed by atoms with Gasteiger partial charge in [-0.05, 0) is 0 Å². The van der Waals surface area contributed by atoms with E-state index in [9.17, 15) is 0 Å². The minimum Gasteiger partial charge on any atom is -0.412 e. The van der Waals surface area contributed by atoms with Crippen LogP contribution in [-0.2, 0) is 17.1 Å². The Morgan fingerprint density at radius 2 is 1.25 bits per heavy atom. The topological polar surface area (TPSA) is 31.5 Å². The van der Waals surface area contributed by atoms with Gasteiger partial charge in [-0.15, -0.1) is 0 Å². The first-order valence-electron chi connectivity index (χ1n) is 1.00. The van der Waals surface area contributed by atoms with Crippen molar-refractivity contribution in [1.29, 1.82) is 0 Å². The Morgan fingerprint density at radius 3 is 1.25 bits per heavy atom. The molecule has 0 saturated heterocycles. The third-order valence-corrected chi connectivity index (χ3v) is 0. The summed E-state index contributed by atoms with van der Waals surface area (Å²) in [6.45, 7) is 0. The van der Waals surface area contributed by atoms with Gasteiger partial charge in [-0.25, -0.2) is 0 Å². The van der Waals surface area contributed by atoms with Crippen LogP contribution in [0.25, 0.3) is 0 Å². The van der Waals surface area contributed by atoms with Gasteiger partial charge in [0.25, 0.3) is 0 Å². The van der Waals surface area contributed by atoms with E-state index < -0.39 is 0 Å². The summed E-state index contributed by atoms with van der Waals surface area (Å²) in [5.74, 6) is 0. The predicted molar refractivity (Wildman–Crippen MR) is 22.1 cm³/mol. The maximum Gasteiger partial charge on any atom is 0.193 e. The maximum absolute atomic E-state index is 1.44. The molecule has 0 aliphatic rings. The van der Waals surface area contributed by atoms with Gasteiger partial charge in [0.1, 0.15) is 0 Å². The number of hydrogen-bond donors (Lipinski definition) is 0. The molecular formula is H7AlFeOSi. The molecule has 0 fully saturated rings. The molecule has 0 aromatic rings. The number of rotatable bonds is 0. The molecule has 0 aromatic carbocycles. The molecule has 2 N–H and O–H groups in total. The van der Waals surface area contributed by atoms with Crippen LogP contribution in [-0.4, -0.2) is 29.9 Å². The Hall–Kier alpha value is 1.23. The van der Waals surface area contributed by atoms with E-state index in [2.05, 4.69) is 0 Å². The number of hydrogen-bond acceptors (Lipinski definition) is 0. The molecule has 0 rings (SSSR count). The molecule has 0 unspecified atom stereocenters. The van der Waals surface area contributed by atoms with Gasteiger partial charge in [0.2, 0.25) is 0 Å². The third kappa shape index (κ3) is 10.6. The Morgan fingerprint density at radius 1 is 1.25 bits per heavy atom. The van der Waals surface area contributed by atoms with Gasteiger partial charge in [0.05, 0.1) is 0 Å². The molecule has 0 heterocycles. The van der Waals surface area contributed by atoms with Crippen molar-refractivity contribution in [3.05, 3.63) is 0 Å². The van der Waals surface area contributed by atoms with Gasteiger partial charge in [-0.2, -0.15) is 0 Å². The monoisotopic (exact) mass is 134 g/mol. The van der Waals surface area contributed by atoms with Gasteiger partial charge < -0.3 is 5.48 Å². The molecule has 0 saturated carbocycles. The van der Waals surface area contributed by atoms with Gasteiger partial charge in [0.15, 0.2) is 15.6 Å². The van der Waals surface area contributed by atoms with Crippen molar-refractivity contribution in [3.63, 3.8) is 0 Å². The van der Waals surface area contributed by atoms with Crippen molar-refractivity contribution in [2.24, 2.45) is 0 Å². The molecule has 0 bridgehead atoms. The zero-order valence-corrected chi connectivity index (χ0v) is 7.96. The molecule has 0 radical (unpaired) electrons. The fourth-order valence-corrected chi connectivity index (χ4v) is 0. The first kappa shape index (κ1) is 18.8. The van der Waals surface area contributed by atoms with Crippen LogP contribution in [0.4, 0.5) is 0 Å². The predicted octanol–water partition coefficient (Wildman–Crippen LogP) is -2.93. The van der Waals surface area contributed by atoms with Crippen molar-refractivity contribution in [2.45, 2.75) is 0 Å². The summed E-state index contributed by atoms with van der Waals surface area (Å²) in [6, 6.07) is 0. The first-order chi connectivity index (χ1) is 1.00. The summed E-state index contributed by atoms with van der Waals surface area (Å²) < 4.78 is 0. The summed E-state index contributed by atoms with van der Waals surface area (Å²) in [6.07, 6.45) is 0. The van der Waals surface area contributed by atoms with E-state index in [1.807, 2.05) is 0 Å². The Balaban J connectivity index is -0.00000000500. The van der Waals surface area contributed by atoms with Gasteiger partial charge >= 0.3 is 0 Å². The molecule has 1 nitrogen and oxygen atoms in total. The molecule has 0 aliphatic carbocycles. The van der Waals surface area contributed by atoms with Crippen molar-refractivity contribution >= 4 is 24.4 Å². The zero-order valence-electron chi connectivity index (χ0n) is 2.85. The van der Waals surface area contributed by atoms with Crippen LogP contribution in [0.1, 0.15) is 0 Å². The Kier molecular flexibility index (Phi) is 137. The zero-order chi connectivity index (χ0) is 2.00. The normalized spacial score (nSPS) is 2.00. The summed E-state index contributed by atoms with van der Waals surface area (Å²) in [5.41, 5.74) is 0. The van der Waals surface area contributed by atoms with Crippen molar-refractivity contribution in [3.8, 4) is 0 Å². The second-order valence-electron chi connectivity index (χ2n) is 0. The summed E-state index contributed by atoms with van der Waals surface area (Å²) in [5, 5.41) is 0. The second-order valence-corrected chi connectivity index (χ2v) is 0. The molecule has 0 atom stereocenters. The summed E-state index contributed by atoms with van der Waals surface area (Å²) >= 11 is 1.44. The minimum absolute atomic E-state index is 0. The van der Waals surface area contributed by atoms with Gasteiger partial charge in [0, 0.05) is 17.1 Å². The van der Waals surface area contributed by atoms with E-state index >= 15 is 0 Å². The quantitative estimate of drug-likeness (QED) is 0.318. The third-order valence-electron chi connectivity index (χ3n) is 0. The van der Waals surface area contributed by atoms with Gasteiger partial charge in [-0.1, -0.05) is 8.80 Å². The van der Waals surface area contributed by atoms with Crippen LogP contribution in [0.2, 0.25) is 0 Å².